The first-order valence-electron chi connectivity index (χ1n) is 4.99. The summed E-state index contributed by atoms with van der Waals surface area (Å²) in [4.78, 5) is 0. The summed E-state index contributed by atoms with van der Waals surface area (Å²) in [6, 6.07) is 6.30. The molecule has 0 saturated heterocycles. The van der Waals surface area contributed by atoms with Crippen LogP contribution in [0.4, 0.5) is 5.69 Å². The molecule has 0 spiro atoms. The van der Waals surface area contributed by atoms with E-state index < -0.39 is 0 Å². The van der Waals surface area contributed by atoms with Gasteiger partial charge in [0.1, 0.15) is 0 Å². The van der Waals surface area contributed by atoms with Crippen LogP contribution in [0.2, 0.25) is 5.02 Å². The zero-order chi connectivity index (χ0) is 10.8. The summed E-state index contributed by atoms with van der Waals surface area (Å²) < 4.78 is 0. The first kappa shape index (κ1) is 10.7. The van der Waals surface area contributed by atoms with Crippen LogP contribution in [0, 0.1) is 6.92 Å². The van der Waals surface area contributed by atoms with Gasteiger partial charge in [-0.2, -0.15) is 0 Å². The molecule has 0 amide bonds. The summed E-state index contributed by atoms with van der Waals surface area (Å²) in [5.41, 5.74) is 2.11. The largest absolute Gasteiger partial charge is 0.360 e. The zero-order valence-electron chi connectivity index (χ0n) is 8.51. The Bertz CT molecular complexity index is 388. The van der Waals surface area contributed by atoms with Gasteiger partial charge in [0, 0.05) is 16.8 Å². The fraction of sp³-hybridized carbons (Fsp3) is 0.364. The Kier molecular flexibility index (Phi) is 3.12. The van der Waals surface area contributed by atoms with Gasteiger partial charge in [0.2, 0.25) is 0 Å². The molecule has 1 aliphatic carbocycles. The van der Waals surface area contributed by atoms with E-state index in [-0.39, 0.29) is 0 Å². The average Bonchev–Trinajstić information content (AvgIpc) is 2.94. The minimum atomic E-state index is 0.581. The lowest BCUT2D eigenvalue weighted by atomic mass is 10.2. The van der Waals surface area contributed by atoms with Crippen molar-refractivity contribution in [2.45, 2.75) is 25.8 Å². The maximum atomic E-state index is 5.87. The van der Waals surface area contributed by atoms with Crippen LogP contribution in [-0.2, 0) is 0 Å². The molecule has 2 rings (SSSR count). The maximum Gasteiger partial charge on any atom is 0.171 e. The smallest absolute Gasteiger partial charge is 0.171 e. The topological polar surface area (TPSA) is 24.1 Å². The molecule has 1 saturated carbocycles. The van der Waals surface area contributed by atoms with Crippen LogP contribution >= 0.6 is 23.8 Å². The SMILES string of the molecule is Cc1cc(Cl)ccc1NC(=S)NC1CC1. The molecule has 1 fully saturated rings. The van der Waals surface area contributed by atoms with Crippen molar-refractivity contribution >= 4 is 34.6 Å². The Labute approximate surface area is 100 Å². The molecule has 4 heteroatoms. The molecule has 15 heavy (non-hydrogen) atoms. The highest BCUT2D eigenvalue weighted by molar-refractivity contribution is 7.80. The average molecular weight is 241 g/mol. The summed E-state index contributed by atoms with van der Waals surface area (Å²) in [7, 11) is 0. The molecule has 1 aliphatic rings. The predicted octanol–water partition coefficient (Wildman–Crippen LogP) is 3.10. The van der Waals surface area contributed by atoms with Crippen LogP contribution in [0.3, 0.4) is 0 Å². The molecule has 0 heterocycles. The minimum Gasteiger partial charge on any atom is -0.360 e. The van der Waals surface area contributed by atoms with Crippen molar-refractivity contribution in [3.05, 3.63) is 28.8 Å². The van der Waals surface area contributed by atoms with Crippen LogP contribution in [0.15, 0.2) is 18.2 Å². The van der Waals surface area contributed by atoms with E-state index in [4.69, 9.17) is 23.8 Å². The normalized spacial score (nSPS) is 14.8. The lowest BCUT2D eigenvalue weighted by Crippen LogP contribution is -2.30. The van der Waals surface area contributed by atoms with Gasteiger partial charge < -0.3 is 10.6 Å². The van der Waals surface area contributed by atoms with E-state index in [0.29, 0.717) is 11.2 Å². The standard InChI is InChI=1S/C11H13ClN2S/c1-7-6-8(12)2-5-10(7)14-11(15)13-9-3-4-9/h2,5-6,9H,3-4H2,1H3,(H2,13,14,15). The first-order chi connectivity index (χ1) is 7.15. The minimum absolute atomic E-state index is 0.581. The van der Waals surface area contributed by atoms with Crippen LogP contribution in [0.5, 0.6) is 0 Å². The summed E-state index contributed by atoms with van der Waals surface area (Å²) >= 11 is 11.1. The molecule has 2 N–H and O–H groups in total. The van der Waals surface area contributed by atoms with E-state index in [1.54, 1.807) is 0 Å². The van der Waals surface area contributed by atoms with E-state index in [0.717, 1.165) is 16.3 Å². The Hall–Kier alpha value is -0.800. The summed E-state index contributed by atoms with van der Waals surface area (Å²) in [5, 5.41) is 7.85. The molecule has 0 unspecified atom stereocenters. The predicted molar refractivity (Wildman–Crippen MR) is 68.6 cm³/mol. The number of thiocarbonyl (C=S) groups is 1. The monoisotopic (exact) mass is 240 g/mol. The molecule has 0 aromatic heterocycles. The van der Waals surface area contributed by atoms with E-state index >= 15 is 0 Å². The van der Waals surface area contributed by atoms with Crippen molar-refractivity contribution in [2.75, 3.05) is 5.32 Å². The molecular weight excluding hydrogens is 228 g/mol. The van der Waals surface area contributed by atoms with E-state index in [1.165, 1.54) is 12.8 Å². The van der Waals surface area contributed by atoms with Gasteiger partial charge in [-0.3, -0.25) is 0 Å². The highest BCUT2D eigenvalue weighted by Gasteiger charge is 2.21. The van der Waals surface area contributed by atoms with Gasteiger partial charge in [-0.25, -0.2) is 0 Å². The summed E-state index contributed by atoms with van der Waals surface area (Å²) in [6.45, 7) is 2.01. The van der Waals surface area contributed by atoms with E-state index in [9.17, 15) is 0 Å². The van der Waals surface area contributed by atoms with Gasteiger partial charge in [0.15, 0.2) is 5.11 Å². The van der Waals surface area contributed by atoms with Crippen LogP contribution in [-0.4, -0.2) is 11.2 Å². The fourth-order valence-electron chi connectivity index (χ4n) is 1.34. The van der Waals surface area contributed by atoms with Gasteiger partial charge in [-0.05, 0) is 55.7 Å². The van der Waals surface area contributed by atoms with Gasteiger partial charge >= 0.3 is 0 Å². The third-order valence-electron chi connectivity index (χ3n) is 2.35. The van der Waals surface area contributed by atoms with Crippen molar-refractivity contribution in [3.8, 4) is 0 Å². The molecule has 0 aliphatic heterocycles. The first-order valence-corrected chi connectivity index (χ1v) is 5.77. The third kappa shape index (κ3) is 3.08. The van der Waals surface area contributed by atoms with Crippen molar-refractivity contribution in [3.63, 3.8) is 0 Å². The molecule has 0 bridgehead atoms. The lowest BCUT2D eigenvalue weighted by molar-refractivity contribution is 0.919. The van der Waals surface area contributed by atoms with Crippen molar-refractivity contribution in [1.29, 1.82) is 0 Å². The molecule has 1 aromatic rings. The van der Waals surface area contributed by atoms with E-state index in [2.05, 4.69) is 10.6 Å². The Morgan fingerprint density at radius 2 is 2.20 bits per heavy atom. The lowest BCUT2D eigenvalue weighted by Gasteiger charge is -2.11. The van der Waals surface area contributed by atoms with Gasteiger partial charge in [-0.1, -0.05) is 11.6 Å². The molecule has 80 valence electrons. The van der Waals surface area contributed by atoms with Crippen LogP contribution in [0.1, 0.15) is 18.4 Å². The summed E-state index contributed by atoms with van der Waals surface area (Å²) in [5.74, 6) is 0. The summed E-state index contributed by atoms with van der Waals surface area (Å²) in [6.07, 6.45) is 2.45. The van der Waals surface area contributed by atoms with Crippen molar-refractivity contribution in [2.24, 2.45) is 0 Å². The second-order valence-electron chi connectivity index (χ2n) is 3.83. The highest BCUT2D eigenvalue weighted by Crippen LogP contribution is 2.21. The molecular formula is C11H13ClN2S. The van der Waals surface area contributed by atoms with Gasteiger partial charge in [0.05, 0.1) is 0 Å². The third-order valence-corrected chi connectivity index (χ3v) is 2.80. The number of hydrogen-bond acceptors (Lipinski definition) is 1. The van der Waals surface area contributed by atoms with Gasteiger partial charge in [0.25, 0.3) is 0 Å². The molecule has 0 radical (unpaired) electrons. The van der Waals surface area contributed by atoms with Gasteiger partial charge in [-0.15, -0.1) is 0 Å². The number of halogens is 1. The Morgan fingerprint density at radius 3 is 2.80 bits per heavy atom. The zero-order valence-corrected chi connectivity index (χ0v) is 10.1. The Morgan fingerprint density at radius 1 is 1.47 bits per heavy atom. The Balaban J connectivity index is 1.99. The van der Waals surface area contributed by atoms with Crippen molar-refractivity contribution in [1.82, 2.24) is 5.32 Å². The second kappa shape index (κ2) is 4.37. The molecule has 2 nitrogen and oxygen atoms in total. The fourth-order valence-corrected chi connectivity index (χ4v) is 1.84. The van der Waals surface area contributed by atoms with Crippen LogP contribution < -0.4 is 10.6 Å². The number of anilines is 1. The quantitative estimate of drug-likeness (QED) is 0.777. The number of benzene rings is 1. The molecule has 0 atom stereocenters. The van der Waals surface area contributed by atoms with Crippen molar-refractivity contribution < 1.29 is 0 Å². The van der Waals surface area contributed by atoms with E-state index in [1.807, 2.05) is 25.1 Å². The maximum absolute atomic E-state index is 5.87. The number of rotatable bonds is 2. The van der Waals surface area contributed by atoms with Crippen LogP contribution in [0.25, 0.3) is 0 Å². The number of aryl methyl sites for hydroxylation is 1. The highest BCUT2D eigenvalue weighted by atomic mass is 35.5. The number of nitrogens with one attached hydrogen (secondary N) is 2. The second-order valence-corrected chi connectivity index (χ2v) is 4.68. The molecule has 1 aromatic carbocycles. The number of hydrogen-bond donors (Lipinski definition) is 2.